The van der Waals surface area contributed by atoms with Crippen LogP contribution in [0.3, 0.4) is 0 Å². The number of aromatic nitrogens is 2. The SMILES string of the molecule is CC[C@H](NC(=O)CCc1nc2sc3c(c2c(=O)[nH]1)CCCC3)c1ccc(C)cc1. The summed E-state index contributed by atoms with van der Waals surface area (Å²) in [4.78, 5) is 34.8. The number of benzene rings is 1. The molecule has 1 aromatic carbocycles. The number of hydrogen-bond acceptors (Lipinski definition) is 4. The highest BCUT2D eigenvalue weighted by molar-refractivity contribution is 7.18. The minimum atomic E-state index is -0.0594. The number of rotatable bonds is 6. The molecule has 0 saturated carbocycles. The summed E-state index contributed by atoms with van der Waals surface area (Å²) in [7, 11) is 0. The van der Waals surface area contributed by atoms with Crippen LogP contribution in [0.2, 0.25) is 0 Å². The van der Waals surface area contributed by atoms with Crippen molar-refractivity contribution < 1.29 is 4.79 Å². The van der Waals surface area contributed by atoms with E-state index < -0.39 is 0 Å². The van der Waals surface area contributed by atoms with E-state index in [1.807, 2.05) is 0 Å². The van der Waals surface area contributed by atoms with Gasteiger partial charge in [-0.15, -0.1) is 11.3 Å². The Morgan fingerprint density at radius 1 is 1.24 bits per heavy atom. The zero-order valence-electron chi connectivity index (χ0n) is 17.0. The normalized spacial score (nSPS) is 14.6. The van der Waals surface area contributed by atoms with Crippen molar-refractivity contribution in [1.29, 1.82) is 0 Å². The minimum Gasteiger partial charge on any atom is -0.349 e. The van der Waals surface area contributed by atoms with E-state index in [1.165, 1.54) is 22.4 Å². The first kappa shape index (κ1) is 19.8. The molecule has 0 saturated heterocycles. The molecule has 152 valence electrons. The third-order valence-electron chi connectivity index (χ3n) is 5.69. The number of aryl methyl sites for hydroxylation is 4. The molecule has 0 aliphatic heterocycles. The number of thiophene rings is 1. The van der Waals surface area contributed by atoms with Crippen molar-refractivity contribution in [3.05, 3.63) is 62.0 Å². The fourth-order valence-corrected chi connectivity index (χ4v) is 5.33. The van der Waals surface area contributed by atoms with Crippen LogP contribution in [-0.2, 0) is 24.1 Å². The van der Waals surface area contributed by atoms with Crippen molar-refractivity contribution in [2.24, 2.45) is 0 Å². The molecule has 0 bridgehead atoms. The summed E-state index contributed by atoms with van der Waals surface area (Å²) in [6, 6.07) is 8.26. The first-order chi connectivity index (χ1) is 14.0. The second-order valence-corrected chi connectivity index (χ2v) is 8.93. The summed E-state index contributed by atoms with van der Waals surface area (Å²) in [5.74, 6) is 0.574. The zero-order chi connectivity index (χ0) is 20.4. The van der Waals surface area contributed by atoms with E-state index >= 15 is 0 Å². The molecule has 1 amide bonds. The number of nitrogens with one attached hydrogen (secondary N) is 2. The molecule has 1 atom stereocenters. The van der Waals surface area contributed by atoms with E-state index in [1.54, 1.807) is 11.3 Å². The molecule has 3 aromatic rings. The minimum absolute atomic E-state index is 0.00149. The zero-order valence-corrected chi connectivity index (χ0v) is 17.8. The Hall–Kier alpha value is -2.47. The Balaban J connectivity index is 1.44. The molecule has 0 fully saturated rings. The van der Waals surface area contributed by atoms with Crippen molar-refractivity contribution >= 4 is 27.5 Å². The van der Waals surface area contributed by atoms with Gasteiger partial charge in [0, 0.05) is 17.7 Å². The van der Waals surface area contributed by atoms with E-state index in [9.17, 15) is 9.59 Å². The summed E-state index contributed by atoms with van der Waals surface area (Å²) in [5.41, 5.74) is 3.45. The lowest BCUT2D eigenvalue weighted by Gasteiger charge is -2.17. The van der Waals surface area contributed by atoms with Gasteiger partial charge in [0.25, 0.3) is 5.56 Å². The molecule has 0 radical (unpaired) electrons. The monoisotopic (exact) mass is 409 g/mol. The van der Waals surface area contributed by atoms with Gasteiger partial charge in [0.2, 0.25) is 5.91 Å². The van der Waals surface area contributed by atoms with E-state index in [2.05, 4.69) is 53.4 Å². The number of carbonyl (C=O) groups excluding carboxylic acids is 1. The lowest BCUT2D eigenvalue weighted by atomic mass is 9.97. The van der Waals surface area contributed by atoms with Crippen LogP contribution in [-0.4, -0.2) is 15.9 Å². The number of hydrogen-bond donors (Lipinski definition) is 2. The summed E-state index contributed by atoms with van der Waals surface area (Å²) >= 11 is 1.64. The summed E-state index contributed by atoms with van der Waals surface area (Å²) in [6.45, 7) is 4.12. The highest BCUT2D eigenvalue weighted by atomic mass is 32.1. The number of fused-ring (bicyclic) bond motifs is 3. The molecule has 6 heteroatoms. The van der Waals surface area contributed by atoms with Crippen LogP contribution in [0.15, 0.2) is 29.1 Å². The molecule has 2 heterocycles. The largest absolute Gasteiger partial charge is 0.349 e. The Morgan fingerprint density at radius 3 is 2.76 bits per heavy atom. The van der Waals surface area contributed by atoms with Crippen molar-refractivity contribution in [1.82, 2.24) is 15.3 Å². The van der Waals surface area contributed by atoms with Gasteiger partial charge in [-0.2, -0.15) is 0 Å². The number of H-pyrrole nitrogens is 1. The second kappa shape index (κ2) is 8.49. The van der Waals surface area contributed by atoms with Crippen LogP contribution in [0.1, 0.15) is 66.0 Å². The fourth-order valence-electron chi connectivity index (χ4n) is 4.05. The third kappa shape index (κ3) is 4.27. The molecule has 5 nitrogen and oxygen atoms in total. The molecule has 0 spiro atoms. The van der Waals surface area contributed by atoms with Gasteiger partial charge < -0.3 is 10.3 Å². The number of amides is 1. The molecular formula is C23H27N3O2S. The van der Waals surface area contributed by atoms with Crippen LogP contribution < -0.4 is 10.9 Å². The average molecular weight is 410 g/mol. The summed E-state index contributed by atoms with van der Waals surface area (Å²) < 4.78 is 0. The topological polar surface area (TPSA) is 74.8 Å². The van der Waals surface area contributed by atoms with E-state index in [-0.39, 0.29) is 17.5 Å². The van der Waals surface area contributed by atoms with Crippen LogP contribution in [0.5, 0.6) is 0 Å². The molecule has 4 rings (SSSR count). The van der Waals surface area contributed by atoms with Crippen LogP contribution in [0.25, 0.3) is 10.2 Å². The molecule has 2 aromatic heterocycles. The van der Waals surface area contributed by atoms with E-state index in [0.717, 1.165) is 41.5 Å². The number of carbonyl (C=O) groups is 1. The smallest absolute Gasteiger partial charge is 0.259 e. The molecule has 29 heavy (non-hydrogen) atoms. The molecular weight excluding hydrogens is 382 g/mol. The Kier molecular flexibility index (Phi) is 5.81. The first-order valence-electron chi connectivity index (χ1n) is 10.4. The standard InChI is InChI=1S/C23H27N3O2S/c1-3-17(15-10-8-14(2)9-11-15)24-20(27)13-12-19-25-22(28)21-16-6-4-5-7-18(16)29-23(21)26-19/h8-11,17H,3-7,12-13H2,1-2H3,(H,24,27)(H,25,26,28)/t17-/m0/s1. The lowest BCUT2D eigenvalue weighted by molar-refractivity contribution is -0.121. The lowest BCUT2D eigenvalue weighted by Crippen LogP contribution is -2.28. The van der Waals surface area contributed by atoms with Crippen molar-refractivity contribution in [3.8, 4) is 0 Å². The Bertz CT molecular complexity index is 1080. The van der Waals surface area contributed by atoms with Gasteiger partial charge in [-0.05, 0) is 50.2 Å². The van der Waals surface area contributed by atoms with Gasteiger partial charge in [0.05, 0.1) is 11.4 Å². The van der Waals surface area contributed by atoms with Gasteiger partial charge in [-0.3, -0.25) is 9.59 Å². The maximum atomic E-state index is 12.6. The molecule has 1 aliphatic carbocycles. The highest BCUT2D eigenvalue weighted by Crippen LogP contribution is 2.33. The first-order valence-corrected chi connectivity index (χ1v) is 11.3. The van der Waals surface area contributed by atoms with Crippen LogP contribution in [0, 0.1) is 6.92 Å². The van der Waals surface area contributed by atoms with Gasteiger partial charge in [-0.25, -0.2) is 4.98 Å². The number of nitrogens with zero attached hydrogens (tertiary/aromatic N) is 1. The van der Waals surface area contributed by atoms with Crippen LogP contribution in [0.4, 0.5) is 0 Å². The van der Waals surface area contributed by atoms with E-state index in [0.29, 0.717) is 18.7 Å². The van der Waals surface area contributed by atoms with Gasteiger partial charge in [0.1, 0.15) is 10.7 Å². The maximum absolute atomic E-state index is 12.6. The molecule has 2 N–H and O–H groups in total. The average Bonchev–Trinajstić information content (AvgIpc) is 3.10. The summed E-state index contributed by atoms with van der Waals surface area (Å²) in [5, 5.41) is 3.88. The Morgan fingerprint density at radius 2 is 2.00 bits per heavy atom. The predicted octanol–water partition coefficient (Wildman–Crippen LogP) is 4.37. The van der Waals surface area contributed by atoms with E-state index in [4.69, 9.17) is 0 Å². The predicted molar refractivity (Wildman–Crippen MR) is 118 cm³/mol. The Labute approximate surface area is 174 Å². The fraction of sp³-hybridized carbons (Fsp3) is 0.435. The maximum Gasteiger partial charge on any atom is 0.259 e. The molecule has 0 unspecified atom stereocenters. The van der Waals surface area contributed by atoms with Crippen molar-refractivity contribution in [2.45, 2.75) is 64.8 Å². The molecule has 1 aliphatic rings. The van der Waals surface area contributed by atoms with Crippen molar-refractivity contribution in [2.75, 3.05) is 0 Å². The quantitative estimate of drug-likeness (QED) is 0.635. The third-order valence-corrected chi connectivity index (χ3v) is 6.87. The van der Waals surface area contributed by atoms with Gasteiger partial charge in [0.15, 0.2) is 0 Å². The van der Waals surface area contributed by atoms with Crippen LogP contribution >= 0.6 is 11.3 Å². The number of aromatic amines is 1. The van der Waals surface area contributed by atoms with Gasteiger partial charge >= 0.3 is 0 Å². The summed E-state index contributed by atoms with van der Waals surface area (Å²) in [6.07, 6.45) is 5.91. The van der Waals surface area contributed by atoms with Gasteiger partial charge in [-0.1, -0.05) is 36.8 Å². The highest BCUT2D eigenvalue weighted by Gasteiger charge is 2.20. The van der Waals surface area contributed by atoms with Crippen molar-refractivity contribution in [3.63, 3.8) is 0 Å². The second-order valence-electron chi connectivity index (χ2n) is 7.84.